The van der Waals surface area contributed by atoms with Gasteiger partial charge >= 0.3 is 0 Å². The van der Waals surface area contributed by atoms with E-state index in [4.69, 9.17) is 5.73 Å². The summed E-state index contributed by atoms with van der Waals surface area (Å²) >= 11 is 0. The summed E-state index contributed by atoms with van der Waals surface area (Å²) in [4.78, 5) is 17.5. The van der Waals surface area contributed by atoms with Crippen LogP contribution in [0.5, 0.6) is 0 Å². The summed E-state index contributed by atoms with van der Waals surface area (Å²) < 4.78 is 13.1. The van der Waals surface area contributed by atoms with E-state index in [0.29, 0.717) is 17.8 Å². The Morgan fingerprint density at radius 2 is 2.21 bits per heavy atom. The third kappa shape index (κ3) is 3.07. The summed E-state index contributed by atoms with van der Waals surface area (Å²) in [7, 11) is 1.64. The van der Waals surface area contributed by atoms with Crippen molar-refractivity contribution in [1.82, 2.24) is 9.88 Å². The van der Waals surface area contributed by atoms with Crippen molar-refractivity contribution >= 4 is 11.6 Å². The zero-order valence-electron chi connectivity index (χ0n) is 10.5. The number of amides is 1. The molecule has 19 heavy (non-hydrogen) atoms. The molecule has 2 N–H and O–H groups in total. The van der Waals surface area contributed by atoms with Crippen LogP contribution < -0.4 is 5.73 Å². The lowest BCUT2D eigenvalue weighted by Gasteiger charge is -2.18. The van der Waals surface area contributed by atoms with Crippen LogP contribution in [0.1, 0.15) is 15.9 Å². The molecular formula is C14H14FN3O. The maximum absolute atomic E-state index is 13.1. The van der Waals surface area contributed by atoms with Crippen LogP contribution in [0.4, 0.5) is 10.1 Å². The minimum absolute atomic E-state index is 0.241. The number of pyridine rings is 1. The molecule has 0 radical (unpaired) electrons. The van der Waals surface area contributed by atoms with Gasteiger partial charge in [-0.05, 0) is 23.8 Å². The predicted molar refractivity (Wildman–Crippen MR) is 70.8 cm³/mol. The topological polar surface area (TPSA) is 59.2 Å². The first-order valence-electron chi connectivity index (χ1n) is 5.77. The second-order valence-corrected chi connectivity index (χ2v) is 4.25. The van der Waals surface area contributed by atoms with Gasteiger partial charge in [0, 0.05) is 31.7 Å². The monoisotopic (exact) mass is 259 g/mol. The molecule has 5 heteroatoms. The third-order valence-electron chi connectivity index (χ3n) is 2.74. The highest BCUT2D eigenvalue weighted by molar-refractivity contribution is 5.98. The van der Waals surface area contributed by atoms with Crippen molar-refractivity contribution in [2.45, 2.75) is 6.54 Å². The molecule has 0 aliphatic rings. The number of nitrogens with two attached hydrogens (primary N) is 1. The number of nitrogen functional groups attached to an aromatic ring is 1. The van der Waals surface area contributed by atoms with E-state index in [1.165, 1.54) is 29.4 Å². The fourth-order valence-electron chi connectivity index (χ4n) is 1.77. The van der Waals surface area contributed by atoms with Crippen molar-refractivity contribution in [3.8, 4) is 0 Å². The highest BCUT2D eigenvalue weighted by Crippen LogP contribution is 2.13. The molecule has 0 saturated heterocycles. The number of rotatable bonds is 3. The van der Waals surface area contributed by atoms with Crippen molar-refractivity contribution in [1.29, 1.82) is 0 Å². The van der Waals surface area contributed by atoms with Gasteiger partial charge in [-0.15, -0.1) is 0 Å². The Balaban J connectivity index is 2.14. The van der Waals surface area contributed by atoms with Crippen LogP contribution in [-0.4, -0.2) is 22.8 Å². The average molecular weight is 259 g/mol. The first kappa shape index (κ1) is 13.0. The molecule has 0 saturated carbocycles. The van der Waals surface area contributed by atoms with Crippen molar-refractivity contribution in [3.63, 3.8) is 0 Å². The lowest BCUT2D eigenvalue weighted by molar-refractivity contribution is 0.0785. The van der Waals surface area contributed by atoms with E-state index < -0.39 is 0 Å². The fourth-order valence-corrected chi connectivity index (χ4v) is 1.77. The Morgan fingerprint density at radius 3 is 2.89 bits per heavy atom. The predicted octanol–water partition coefficient (Wildman–Crippen LogP) is 2.08. The van der Waals surface area contributed by atoms with Crippen LogP contribution in [0.2, 0.25) is 0 Å². The summed E-state index contributed by atoms with van der Waals surface area (Å²) in [6.07, 6.45) is 2.96. The van der Waals surface area contributed by atoms with Crippen LogP contribution >= 0.6 is 0 Å². The molecule has 0 bridgehead atoms. The van der Waals surface area contributed by atoms with Gasteiger partial charge in [0.05, 0.1) is 5.56 Å². The highest BCUT2D eigenvalue weighted by Gasteiger charge is 2.15. The molecule has 0 spiro atoms. The SMILES string of the molecule is CN(Cc1cccc(F)c1)C(=O)c1cnccc1N. The number of aromatic nitrogens is 1. The Bertz CT molecular complexity index is 601. The summed E-state index contributed by atoms with van der Waals surface area (Å²) in [6.45, 7) is 0.310. The second kappa shape index (κ2) is 5.48. The van der Waals surface area contributed by atoms with E-state index in [1.807, 2.05) is 0 Å². The second-order valence-electron chi connectivity index (χ2n) is 4.25. The number of hydrogen-bond donors (Lipinski definition) is 1. The summed E-state index contributed by atoms with van der Waals surface area (Å²) in [5.74, 6) is -0.561. The van der Waals surface area contributed by atoms with Crippen LogP contribution in [0.15, 0.2) is 42.7 Å². The molecule has 0 aliphatic heterocycles. The van der Waals surface area contributed by atoms with Gasteiger partial charge in [0.15, 0.2) is 0 Å². The van der Waals surface area contributed by atoms with Gasteiger partial charge in [0.2, 0.25) is 0 Å². The quantitative estimate of drug-likeness (QED) is 0.918. The lowest BCUT2D eigenvalue weighted by atomic mass is 10.1. The van der Waals surface area contributed by atoms with Gasteiger partial charge in [0.1, 0.15) is 5.82 Å². The van der Waals surface area contributed by atoms with Gasteiger partial charge in [0.25, 0.3) is 5.91 Å². The van der Waals surface area contributed by atoms with Gasteiger partial charge < -0.3 is 10.6 Å². The zero-order valence-corrected chi connectivity index (χ0v) is 10.5. The standard InChI is InChI=1S/C14H14FN3O/c1-18(9-10-3-2-4-11(15)7-10)14(19)12-8-17-6-5-13(12)16/h2-8H,9H2,1H3,(H2,16,17). The Morgan fingerprint density at radius 1 is 1.42 bits per heavy atom. The maximum atomic E-state index is 13.1. The number of benzene rings is 1. The van der Waals surface area contributed by atoms with Crippen LogP contribution in [0.3, 0.4) is 0 Å². The van der Waals surface area contributed by atoms with E-state index in [-0.39, 0.29) is 11.7 Å². The van der Waals surface area contributed by atoms with Crippen LogP contribution in [0, 0.1) is 5.82 Å². The minimum Gasteiger partial charge on any atom is -0.398 e. The lowest BCUT2D eigenvalue weighted by Crippen LogP contribution is -2.27. The Hall–Kier alpha value is -2.43. The van der Waals surface area contributed by atoms with Crippen molar-refractivity contribution in [2.24, 2.45) is 0 Å². The fraction of sp³-hybridized carbons (Fsp3) is 0.143. The van der Waals surface area contributed by atoms with Gasteiger partial charge in [-0.2, -0.15) is 0 Å². The molecule has 4 nitrogen and oxygen atoms in total. The molecule has 0 fully saturated rings. The van der Waals surface area contributed by atoms with Crippen molar-refractivity contribution in [2.75, 3.05) is 12.8 Å². The van der Waals surface area contributed by atoms with Crippen LogP contribution in [0.25, 0.3) is 0 Å². The Labute approximate surface area is 110 Å². The summed E-state index contributed by atoms with van der Waals surface area (Å²) in [6, 6.07) is 7.71. The first-order chi connectivity index (χ1) is 9.08. The molecule has 0 atom stereocenters. The van der Waals surface area contributed by atoms with Gasteiger partial charge in [-0.25, -0.2) is 4.39 Å². The zero-order chi connectivity index (χ0) is 13.8. The number of halogens is 1. The number of carbonyl (C=O) groups excluding carboxylic acids is 1. The number of nitrogens with zero attached hydrogens (tertiary/aromatic N) is 2. The van der Waals surface area contributed by atoms with E-state index in [9.17, 15) is 9.18 Å². The molecule has 2 rings (SSSR count). The molecule has 1 amide bonds. The molecule has 1 aromatic carbocycles. The smallest absolute Gasteiger partial charge is 0.257 e. The summed E-state index contributed by atoms with van der Waals surface area (Å²) in [5, 5.41) is 0. The Kier molecular flexibility index (Phi) is 3.75. The normalized spacial score (nSPS) is 10.2. The average Bonchev–Trinajstić information content (AvgIpc) is 2.38. The molecule has 0 unspecified atom stereocenters. The molecule has 1 heterocycles. The van der Waals surface area contributed by atoms with Gasteiger partial charge in [-0.3, -0.25) is 9.78 Å². The van der Waals surface area contributed by atoms with Crippen molar-refractivity contribution < 1.29 is 9.18 Å². The first-order valence-corrected chi connectivity index (χ1v) is 5.77. The van der Waals surface area contributed by atoms with E-state index in [0.717, 1.165) is 5.56 Å². The van der Waals surface area contributed by atoms with E-state index in [2.05, 4.69) is 4.98 Å². The number of hydrogen-bond acceptors (Lipinski definition) is 3. The largest absolute Gasteiger partial charge is 0.398 e. The maximum Gasteiger partial charge on any atom is 0.257 e. The van der Waals surface area contributed by atoms with Crippen molar-refractivity contribution in [3.05, 3.63) is 59.7 Å². The third-order valence-corrected chi connectivity index (χ3v) is 2.74. The van der Waals surface area contributed by atoms with E-state index >= 15 is 0 Å². The minimum atomic E-state index is -0.320. The molecule has 1 aromatic heterocycles. The van der Waals surface area contributed by atoms with E-state index in [1.54, 1.807) is 25.2 Å². The summed E-state index contributed by atoms with van der Waals surface area (Å²) in [5.41, 5.74) is 7.18. The number of carbonyl (C=O) groups is 1. The van der Waals surface area contributed by atoms with Gasteiger partial charge in [-0.1, -0.05) is 12.1 Å². The highest BCUT2D eigenvalue weighted by atomic mass is 19.1. The molecular weight excluding hydrogens is 245 g/mol. The molecule has 2 aromatic rings. The molecule has 0 aliphatic carbocycles. The number of anilines is 1. The molecule has 98 valence electrons. The van der Waals surface area contributed by atoms with Crippen LogP contribution in [-0.2, 0) is 6.54 Å².